The number of ether oxygens (including phenoxy) is 3. The molecule has 5 atom stereocenters. The van der Waals surface area contributed by atoms with Crippen LogP contribution < -0.4 is 0 Å². The maximum atomic E-state index is 13.1. The van der Waals surface area contributed by atoms with Gasteiger partial charge in [-0.15, -0.1) is 0 Å². The summed E-state index contributed by atoms with van der Waals surface area (Å²) < 4.78 is 19.2. The highest BCUT2D eigenvalue weighted by Gasteiger charge is 2.56. The largest absolute Gasteiger partial charge is 0.468 e. The molecular formula is C24H30O4. The Labute approximate surface area is 167 Å². The predicted octanol–water partition coefficient (Wildman–Crippen LogP) is 4.78. The van der Waals surface area contributed by atoms with Crippen LogP contribution in [-0.2, 0) is 25.6 Å². The van der Waals surface area contributed by atoms with Crippen molar-refractivity contribution in [3.05, 3.63) is 47.2 Å². The lowest BCUT2D eigenvalue weighted by Gasteiger charge is -2.46. The average molecular weight is 383 g/mol. The van der Waals surface area contributed by atoms with Gasteiger partial charge < -0.3 is 14.2 Å². The van der Waals surface area contributed by atoms with E-state index in [1.807, 2.05) is 18.2 Å². The topological polar surface area (TPSA) is 44.8 Å². The normalized spacial score (nSPS) is 36.4. The monoisotopic (exact) mass is 382 g/mol. The molecule has 1 saturated heterocycles. The molecule has 1 aromatic carbocycles. The van der Waals surface area contributed by atoms with E-state index < -0.39 is 0 Å². The van der Waals surface area contributed by atoms with E-state index in [0.717, 1.165) is 30.6 Å². The summed E-state index contributed by atoms with van der Waals surface area (Å²) in [5.74, 6) is 1.35. The van der Waals surface area contributed by atoms with Gasteiger partial charge in [0.15, 0.2) is 5.78 Å². The van der Waals surface area contributed by atoms with Gasteiger partial charge in [-0.05, 0) is 23.8 Å². The first-order chi connectivity index (χ1) is 13.5. The van der Waals surface area contributed by atoms with Crippen LogP contribution in [0.1, 0.15) is 57.9 Å². The second-order valence-corrected chi connectivity index (χ2v) is 9.67. The first kappa shape index (κ1) is 18.4. The molecule has 2 fully saturated rings. The lowest BCUT2D eigenvalue weighted by atomic mass is 9.69. The van der Waals surface area contributed by atoms with Crippen molar-refractivity contribution in [2.45, 2.75) is 77.5 Å². The van der Waals surface area contributed by atoms with E-state index in [0.29, 0.717) is 18.9 Å². The van der Waals surface area contributed by atoms with Crippen LogP contribution in [0.25, 0.3) is 0 Å². The molecule has 150 valence electrons. The summed E-state index contributed by atoms with van der Waals surface area (Å²) >= 11 is 0. The SMILES string of the molecule is CC1(C)CC(=O)C2=C(C1)O[C@@H]1O[C@@H]3CCCC[C@H]3[C@H](OCc3ccccc3)[C@H]21. The average Bonchev–Trinajstić information content (AvgIpc) is 3.02. The van der Waals surface area contributed by atoms with Gasteiger partial charge in [0.05, 0.1) is 24.7 Å². The molecule has 4 heteroatoms. The lowest BCUT2D eigenvalue weighted by Crippen LogP contribution is -2.53. The molecule has 2 aliphatic carbocycles. The van der Waals surface area contributed by atoms with Crippen LogP contribution in [0.3, 0.4) is 0 Å². The van der Waals surface area contributed by atoms with Crippen molar-refractivity contribution >= 4 is 5.78 Å². The Hall–Kier alpha value is -1.65. The molecular weight excluding hydrogens is 352 g/mol. The number of ketones is 1. The summed E-state index contributed by atoms with van der Waals surface area (Å²) in [7, 11) is 0. The molecule has 0 unspecified atom stereocenters. The fourth-order valence-electron chi connectivity index (χ4n) is 5.64. The van der Waals surface area contributed by atoms with Crippen molar-refractivity contribution in [3.8, 4) is 0 Å². The minimum Gasteiger partial charge on any atom is -0.468 e. The number of Topliss-reactive ketones (excluding diaryl/α,β-unsaturated/α-hetero) is 1. The van der Waals surface area contributed by atoms with Gasteiger partial charge in [-0.25, -0.2) is 0 Å². The maximum Gasteiger partial charge on any atom is 0.209 e. The highest BCUT2D eigenvalue weighted by Crippen LogP contribution is 2.52. The zero-order valence-corrected chi connectivity index (χ0v) is 16.9. The number of rotatable bonds is 3. The zero-order valence-electron chi connectivity index (χ0n) is 16.9. The van der Waals surface area contributed by atoms with E-state index in [2.05, 4.69) is 26.0 Å². The summed E-state index contributed by atoms with van der Waals surface area (Å²) in [5, 5.41) is 0. The van der Waals surface area contributed by atoms with Gasteiger partial charge in [-0.1, -0.05) is 57.0 Å². The standard InChI is InChI=1S/C24H30O4/c1-24(2)12-17(25)20-19(13-24)28-23-21(20)22(16-10-6-7-11-18(16)27-23)26-14-15-8-4-3-5-9-15/h3-5,8-9,16,18,21-23H,6-7,10-14H2,1-2H3/t16-,18-,21+,22+,23+/m1/s1. The minimum atomic E-state index is -0.358. The maximum absolute atomic E-state index is 13.1. The Bertz CT molecular complexity index is 781. The van der Waals surface area contributed by atoms with Crippen molar-refractivity contribution in [2.75, 3.05) is 0 Å². The number of fused-ring (bicyclic) bond motifs is 3. The van der Waals surface area contributed by atoms with Crippen molar-refractivity contribution in [2.24, 2.45) is 17.3 Å². The third-order valence-electron chi connectivity index (χ3n) is 6.89. The first-order valence-electron chi connectivity index (χ1n) is 10.8. The molecule has 0 N–H and O–H groups in total. The molecule has 1 aromatic rings. The molecule has 4 aliphatic rings. The second-order valence-electron chi connectivity index (χ2n) is 9.67. The molecule has 0 radical (unpaired) electrons. The number of carbonyl (C=O) groups is 1. The van der Waals surface area contributed by atoms with Crippen LogP contribution in [0.2, 0.25) is 0 Å². The van der Waals surface area contributed by atoms with Crippen molar-refractivity contribution in [1.82, 2.24) is 0 Å². The molecule has 2 aliphatic heterocycles. The van der Waals surface area contributed by atoms with Crippen molar-refractivity contribution < 1.29 is 19.0 Å². The Morgan fingerprint density at radius 2 is 1.89 bits per heavy atom. The molecule has 0 aromatic heterocycles. The van der Waals surface area contributed by atoms with Crippen LogP contribution in [0.15, 0.2) is 41.7 Å². The third-order valence-corrected chi connectivity index (χ3v) is 6.89. The van der Waals surface area contributed by atoms with Crippen LogP contribution >= 0.6 is 0 Å². The van der Waals surface area contributed by atoms with E-state index in [9.17, 15) is 4.79 Å². The van der Waals surface area contributed by atoms with E-state index in [1.165, 1.54) is 18.4 Å². The smallest absolute Gasteiger partial charge is 0.209 e. The van der Waals surface area contributed by atoms with E-state index in [4.69, 9.17) is 14.2 Å². The quantitative estimate of drug-likeness (QED) is 0.755. The fraction of sp³-hybridized carbons (Fsp3) is 0.625. The van der Waals surface area contributed by atoms with Gasteiger partial charge >= 0.3 is 0 Å². The summed E-state index contributed by atoms with van der Waals surface area (Å²) in [6.07, 6.45) is 5.78. The molecule has 0 bridgehead atoms. The number of hydrogen-bond acceptors (Lipinski definition) is 4. The Morgan fingerprint density at radius 3 is 2.71 bits per heavy atom. The molecule has 5 rings (SSSR count). The van der Waals surface area contributed by atoms with Gasteiger partial charge in [0.1, 0.15) is 5.76 Å². The summed E-state index contributed by atoms with van der Waals surface area (Å²) in [6.45, 7) is 4.86. The van der Waals surface area contributed by atoms with Crippen LogP contribution in [-0.4, -0.2) is 24.3 Å². The Morgan fingerprint density at radius 1 is 1.11 bits per heavy atom. The van der Waals surface area contributed by atoms with Crippen LogP contribution in [0.5, 0.6) is 0 Å². The molecule has 28 heavy (non-hydrogen) atoms. The van der Waals surface area contributed by atoms with Gasteiger partial charge in [0, 0.05) is 24.3 Å². The summed E-state index contributed by atoms with van der Waals surface area (Å²) in [5.41, 5.74) is 1.99. The van der Waals surface area contributed by atoms with E-state index >= 15 is 0 Å². The van der Waals surface area contributed by atoms with Gasteiger partial charge in [-0.3, -0.25) is 4.79 Å². The summed E-state index contributed by atoms with van der Waals surface area (Å²) in [6, 6.07) is 10.3. The van der Waals surface area contributed by atoms with Gasteiger partial charge in [0.25, 0.3) is 0 Å². The number of hydrogen-bond donors (Lipinski definition) is 0. The number of carbonyl (C=O) groups excluding carboxylic acids is 1. The second kappa shape index (κ2) is 7.00. The molecule has 1 saturated carbocycles. The molecule has 4 nitrogen and oxygen atoms in total. The molecule has 2 heterocycles. The Kier molecular flexibility index (Phi) is 4.59. The minimum absolute atomic E-state index is 0.0121. The lowest BCUT2D eigenvalue weighted by molar-refractivity contribution is -0.252. The van der Waals surface area contributed by atoms with Gasteiger partial charge in [0.2, 0.25) is 6.29 Å². The third kappa shape index (κ3) is 3.21. The fourth-order valence-corrected chi connectivity index (χ4v) is 5.64. The molecule has 0 amide bonds. The Balaban J connectivity index is 1.46. The predicted molar refractivity (Wildman–Crippen MR) is 105 cm³/mol. The highest BCUT2D eigenvalue weighted by molar-refractivity contribution is 5.98. The van der Waals surface area contributed by atoms with Crippen molar-refractivity contribution in [1.29, 1.82) is 0 Å². The molecule has 0 spiro atoms. The first-order valence-corrected chi connectivity index (χ1v) is 10.8. The zero-order chi connectivity index (χ0) is 19.3. The van der Waals surface area contributed by atoms with E-state index in [-0.39, 0.29) is 35.6 Å². The highest BCUT2D eigenvalue weighted by atomic mass is 16.7. The van der Waals surface area contributed by atoms with Gasteiger partial charge in [-0.2, -0.15) is 0 Å². The number of allylic oxidation sites excluding steroid dienone is 1. The van der Waals surface area contributed by atoms with Crippen LogP contribution in [0.4, 0.5) is 0 Å². The van der Waals surface area contributed by atoms with Crippen LogP contribution in [0, 0.1) is 17.3 Å². The van der Waals surface area contributed by atoms with E-state index in [1.54, 1.807) is 0 Å². The summed E-state index contributed by atoms with van der Waals surface area (Å²) in [4.78, 5) is 13.1. The van der Waals surface area contributed by atoms with Crippen molar-refractivity contribution in [3.63, 3.8) is 0 Å². The number of benzene rings is 1.